The monoisotopic (exact) mass is 360 g/mol. The van der Waals surface area contributed by atoms with E-state index in [1.807, 2.05) is 18.2 Å². The number of Topliss-reactive ketones (excluding diaryl/α,β-unsaturated/α-hetero) is 1. The summed E-state index contributed by atoms with van der Waals surface area (Å²) >= 11 is 0. The first-order valence-corrected chi connectivity index (χ1v) is 8.16. The molecule has 0 atom stereocenters. The summed E-state index contributed by atoms with van der Waals surface area (Å²) in [5.41, 5.74) is 1.77. The van der Waals surface area contributed by atoms with E-state index in [1.54, 1.807) is 43.5 Å². The van der Waals surface area contributed by atoms with Gasteiger partial charge in [-0.3, -0.25) is 14.9 Å². The Labute approximate surface area is 155 Å². The van der Waals surface area contributed by atoms with Crippen molar-refractivity contribution in [3.05, 3.63) is 100 Å². The highest BCUT2D eigenvalue weighted by atomic mass is 16.6. The van der Waals surface area contributed by atoms with E-state index in [9.17, 15) is 14.9 Å². The molecule has 3 aromatic rings. The Kier molecular flexibility index (Phi) is 5.37. The molecule has 0 aliphatic heterocycles. The molecule has 0 amide bonds. The van der Waals surface area contributed by atoms with Gasteiger partial charge in [-0.1, -0.05) is 18.2 Å². The number of rotatable bonds is 6. The Morgan fingerprint density at radius 3 is 2.04 bits per heavy atom. The molecule has 0 fully saturated rings. The molecular weight excluding hydrogens is 344 g/mol. The number of para-hydroxylation sites is 1. The number of nitrogens with zero attached hydrogens (tertiary/aromatic N) is 2. The van der Waals surface area contributed by atoms with E-state index < -0.39 is 4.92 Å². The molecule has 0 heterocycles. The van der Waals surface area contributed by atoms with Crippen molar-refractivity contribution in [3.63, 3.8) is 0 Å². The molecule has 0 unspecified atom stereocenters. The predicted octanol–water partition coefficient (Wildman–Crippen LogP) is 4.61. The molecule has 3 aromatic carbocycles. The van der Waals surface area contributed by atoms with Gasteiger partial charge >= 0.3 is 0 Å². The van der Waals surface area contributed by atoms with Crippen LogP contribution < -0.4 is 4.74 Å². The molecule has 0 aliphatic carbocycles. The molecule has 27 heavy (non-hydrogen) atoms. The second-order valence-corrected chi connectivity index (χ2v) is 5.66. The number of nitro groups is 1. The molecule has 0 aromatic heterocycles. The zero-order valence-electron chi connectivity index (χ0n) is 14.5. The smallest absolute Gasteiger partial charge is 0.269 e. The summed E-state index contributed by atoms with van der Waals surface area (Å²) in [6, 6.07) is 21.6. The third-order valence-electron chi connectivity index (χ3n) is 3.92. The number of carbonyl (C=O) groups excluding carboxylic acids is 1. The average Bonchev–Trinajstić information content (AvgIpc) is 2.72. The molecule has 0 N–H and O–H groups in total. The Morgan fingerprint density at radius 1 is 0.889 bits per heavy atom. The van der Waals surface area contributed by atoms with E-state index in [1.165, 1.54) is 24.3 Å². The van der Waals surface area contributed by atoms with E-state index in [4.69, 9.17) is 4.74 Å². The van der Waals surface area contributed by atoms with Crippen LogP contribution in [-0.2, 0) is 0 Å². The van der Waals surface area contributed by atoms with Crippen molar-refractivity contribution in [3.8, 4) is 5.75 Å². The fourth-order valence-corrected chi connectivity index (χ4v) is 2.50. The first-order valence-electron chi connectivity index (χ1n) is 8.16. The lowest BCUT2D eigenvalue weighted by Gasteiger charge is -2.08. The van der Waals surface area contributed by atoms with Crippen LogP contribution in [0.25, 0.3) is 0 Å². The lowest BCUT2D eigenvalue weighted by atomic mass is 10.00. The van der Waals surface area contributed by atoms with Gasteiger partial charge in [-0.2, -0.15) is 0 Å². The van der Waals surface area contributed by atoms with Crippen molar-refractivity contribution in [1.82, 2.24) is 0 Å². The lowest BCUT2D eigenvalue weighted by Crippen LogP contribution is -2.15. The topological polar surface area (TPSA) is 81.8 Å². The molecule has 134 valence electrons. The third kappa shape index (κ3) is 4.24. The number of hydrogen-bond acceptors (Lipinski definition) is 5. The molecule has 0 saturated carbocycles. The van der Waals surface area contributed by atoms with Crippen LogP contribution in [0.3, 0.4) is 0 Å². The van der Waals surface area contributed by atoms with Gasteiger partial charge in [0.15, 0.2) is 0 Å². The fourth-order valence-electron chi connectivity index (χ4n) is 2.50. The molecule has 0 bridgehead atoms. The van der Waals surface area contributed by atoms with Gasteiger partial charge in [0.05, 0.1) is 17.7 Å². The summed E-state index contributed by atoms with van der Waals surface area (Å²) in [6.07, 6.45) is 0. The summed E-state index contributed by atoms with van der Waals surface area (Å²) in [5, 5.41) is 10.8. The number of benzene rings is 3. The fraction of sp³-hybridized carbons (Fsp3) is 0.0476. The van der Waals surface area contributed by atoms with Gasteiger partial charge in [-0.15, -0.1) is 0 Å². The van der Waals surface area contributed by atoms with Crippen LogP contribution in [0.2, 0.25) is 0 Å². The van der Waals surface area contributed by atoms with Crippen molar-refractivity contribution in [1.29, 1.82) is 0 Å². The lowest BCUT2D eigenvalue weighted by molar-refractivity contribution is -0.384. The maximum Gasteiger partial charge on any atom is 0.269 e. The molecule has 3 rings (SSSR count). The van der Waals surface area contributed by atoms with Gasteiger partial charge in [0, 0.05) is 23.3 Å². The van der Waals surface area contributed by atoms with Crippen molar-refractivity contribution < 1.29 is 14.5 Å². The summed E-state index contributed by atoms with van der Waals surface area (Å²) < 4.78 is 5.16. The van der Waals surface area contributed by atoms with Crippen LogP contribution in [0, 0.1) is 10.1 Å². The minimum absolute atomic E-state index is 0.0717. The van der Waals surface area contributed by atoms with Gasteiger partial charge in [-0.05, 0) is 48.5 Å². The van der Waals surface area contributed by atoms with Crippen LogP contribution in [0.4, 0.5) is 11.4 Å². The molecular formula is C21H16N2O4. The quantitative estimate of drug-likeness (QED) is 0.278. The first-order chi connectivity index (χ1) is 13.1. The van der Waals surface area contributed by atoms with Gasteiger partial charge in [0.1, 0.15) is 11.5 Å². The Hall–Kier alpha value is -3.80. The van der Waals surface area contributed by atoms with Crippen LogP contribution in [0.15, 0.2) is 83.9 Å². The standard InChI is InChI=1S/C21H16N2O4/c1-27-19-13-9-15(10-14-19)20(22-17-5-3-2-4-6-17)21(24)16-7-11-18(12-8-16)23(25)26/h2-14H,1H3. The van der Waals surface area contributed by atoms with Crippen molar-refractivity contribution >= 4 is 22.9 Å². The van der Waals surface area contributed by atoms with Crippen molar-refractivity contribution in [2.75, 3.05) is 7.11 Å². The average molecular weight is 360 g/mol. The highest BCUT2D eigenvalue weighted by Gasteiger charge is 2.18. The normalized spacial score (nSPS) is 11.1. The van der Waals surface area contributed by atoms with E-state index >= 15 is 0 Å². The molecule has 6 nitrogen and oxygen atoms in total. The number of ether oxygens (including phenoxy) is 1. The summed E-state index contributed by atoms with van der Waals surface area (Å²) in [4.78, 5) is 27.9. The number of ketones is 1. The number of methoxy groups -OCH3 is 1. The summed E-state index contributed by atoms with van der Waals surface area (Å²) in [6.45, 7) is 0. The number of non-ortho nitro benzene ring substituents is 1. The second kappa shape index (κ2) is 8.05. The zero-order valence-corrected chi connectivity index (χ0v) is 14.5. The molecule has 0 spiro atoms. The van der Waals surface area contributed by atoms with Crippen molar-refractivity contribution in [2.24, 2.45) is 4.99 Å². The van der Waals surface area contributed by atoms with Gasteiger partial charge in [0.25, 0.3) is 5.69 Å². The van der Waals surface area contributed by atoms with Gasteiger partial charge in [0.2, 0.25) is 5.78 Å². The first kappa shape index (κ1) is 18.0. The molecule has 0 aliphatic rings. The number of hydrogen-bond donors (Lipinski definition) is 0. The summed E-state index contributed by atoms with van der Waals surface area (Å²) in [5.74, 6) is 0.347. The summed E-state index contributed by atoms with van der Waals surface area (Å²) in [7, 11) is 1.57. The van der Waals surface area contributed by atoms with E-state index in [2.05, 4.69) is 4.99 Å². The van der Waals surface area contributed by atoms with Crippen LogP contribution >= 0.6 is 0 Å². The maximum atomic E-state index is 13.1. The molecule has 0 radical (unpaired) electrons. The van der Waals surface area contributed by atoms with Crippen LogP contribution in [-0.4, -0.2) is 23.5 Å². The molecule has 0 saturated heterocycles. The Balaban J connectivity index is 2.04. The number of carbonyl (C=O) groups is 1. The highest BCUT2D eigenvalue weighted by Crippen LogP contribution is 2.20. The van der Waals surface area contributed by atoms with Crippen LogP contribution in [0.5, 0.6) is 5.75 Å². The number of aliphatic imine (C=N–C) groups is 1. The van der Waals surface area contributed by atoms with Crippen LogP contribution in [0.1, 0.15) is 15.9 Å². The highest BCUT2D eigenvalue weighted by molar-refractivity contribution is 6.51. The van der Waals surface area contributed by atoms with Crippen molar-refractivity contribution in [2.45, 2.75) is 0 Å². The SMILES string of the molecule is COc1ccc(C(=Nc2ccccc2)C(=O)c2ccc([N+](=O)[O-])cc2)cc1. The second-order valence-electron chi connectivity index (χ2n) is 5.66. The number of nitro benzene ring substituents is 1. The minimum atomic E-state index is -0.503. The Morgan fingerprint density at radius 2 is 1.48 bits per heavy atom. The van der Waals surface area contributed by atoms with E-state index in [0.29, 0.717) is 22.6 Å². The zero-order chi connectivity index (χ0) is 19.2. The third-order valence-corrected chi connectivity index (χ3v) is 3.92. The minimum Gasteiger partial charge on any atom is -0.497 e. The van der Waals surface area contributed by atoms with Gasteiger partial charge in [-0.25, -0.2) is 4.99 Å². The molecule has 6 heteroatoms. The van der Waals surface area contributed by atoms with Gasteiger partial charge < -0.3 is 4.74 Å². The largest absolute Gasteiger partial charge is 0.497 e. The van der Waals surface area contributed by atoms with E-state index in [0.717, 1.165) is 0 Å². The predicted molar refractivity (Wildman–Crippen MR) is 103 cm³/mol. The Bertz CT molecular complexity index is 979. The van der Waals surface area contributed by atoms with E-state index in [-0.39, 0.29) is 17.2 Å². The maximum absolute atomic E-state index is 13.1.